The molecule has 1 radical (unpaired) electrons. The summed E-state index contributed by atoms with van der Waals surface area (Å²) in [6, 6.07) is 17.0. The zero-order valence-electron chi connectivity index (χ0n) is 8.42. The molecule has 0 aliphatic carbocycles. The lowest BCUT2D eigenvalue weighted by Gasteiger charge is -2.03. The maximum absolute atomic E-state index is 11.2. The van der Waals surface area contributed by atoms with Crippen molar-refractivity contribution in [2.75, 3.05) is 0 Å². The molecule has 0 saturated carbocycles. The molecule has 0 spiro atoms. The maximum Gasteiger partial charge on any atom is 0.238 e. The van der Waals surface area contributed by atoms with Gasteiger partial charge in [0.1, 0.15) is 0 Å². The standard InChI is InChI=1S/C12H10NO2S/c13-16(14,15)12-8-4-7-11(9-12)10-5-2-1-3-6-10/h1-7,9H,(H2,13,14,15). The van der Waals surface area contributed by atoms with Gasteiger partial charge in [-0.3, -0.25) is 0 Å². The van der Waals surface area contributed by atoms with Gasteiger partial charge in [0.2, 0.25) is 10.0 Å². The van der Waals surface area contributed by atoms with E-state index in [1.807, 2.05) is 30.3 Å². The third-order valence-electron chi connectivity index (χ3n) is 2.19. The number of hydrogen-bond donors (Lipinski definition) is 1. The molecule has 0 bridgehead atoms. The van der Waals surface area contributed by atoms with E-state index in [1.165, 1.54) is 6.07 Å². The summed E-state index contributed by atoms with van der Waals surface area (Å²) in [5.74, 6) is 0. The quantitative estimate of drug-likeness (QED) is 0.858. The van der Waals surface area contributed by atoms with E-state index in [1.54, 1.807) is 12.1 Å². The number of hydrogen-bond acceptors (Lipinski definition) is 2. The van der Waals surface area contributed by atoms with E-state index in [0.717, 1.165) is 11.1 Å². The van der Waals surface area contributed by atoms with Gasteiger partial charge in [-0.05, 0) is 17.2 Å². The van der Waals surface area contributed by atoms with Crippen LogP contribution in [0.5, 0.6) is 0 Å². The normalized spacial score (nSPS) is 11.3. The van der Waals surface area contributed by atoms with Crippen molar-refractivity contribution in [2.24, 2.45) is 5.14 Å². The molecule has 81 valence electrons. The van der Waals surface area contributed by atoms with Gasteiger partial charge >= 0.3 is 0 Å². The molecule has 0 saturated heterocycles. The van der Waals surface area contributed by atoms with Crippen LogP contribution >= 0.6 is 0 Å². The van der Waals surface area contributed by atoms with Gasteiger partial charge in [-0.15, -0.1) is 0 Å². The van der Waals surface area contributed by atoms with Crippen LogP contribution in [0.25, 0.3) is 11.1 Å². The zero-order chi connectivity index (χ0) is 11.6. The summed E-state index contributed by atoms with van der Waals surface area (Å²) >= 11 is 0. The van der Waals surface area contributed by atoms with E-state index in [9.17, 15) is 8.42 Å². The van der Waals surface area contributed by atoms with E-state index in [4.69, 9.17) is 5.14 Å². The first kappa shape index (κ1) is 10.9. The third-order valence-corrected chi connectivity index (χ3v) is 3.04. The first-order valence-corrected chi connectivity index (χ1v) is 6.22. The van der Waals surface area contributed by atoms with Crippen molar-refractivity contribution in [3.63, 3.8) is 0 Å². The Morgan fingerprint density at radius 3 is 2.31 bits per heavy atom. The Bertz CT molecular complexity index is 591. The molecule has 0 aromatic heterocycles. The Morgan fingerprint density at radius 1 is 1.00 bits per heavy atom. The fourth-order valence-corrected chi connectivity index (χ4v) is 1.94. The number of sulfonamides is 1. The molecule has 0 aliphatic heterocycles. The molecule has 3 nitrogen and oxygen atoms in total. The number of nitrogens with two attached hydrogens (primary N) is 1. The summed E-state index contributed by atoms with van der Waals surface area (Å²) in [5, 5.41) is 5.04. The largest absolute Gasteiger partial charge is 0.238 e. The molecule has 4 heteroatoms. The van der Waals surface area contributed by atoms with Gasteiger partial charge in [-0.1, -0.05) is 42.5 Å². The highest BCUT2D eigenvalue weighted by molar-refractivity contribution is 7.89. The number of primary sulfonamides is 1. The van der Waals surface area contributed by atoms with Crippen LogP contribution in [0, 0.1) is 6.07 Å². The predicted octanol–water partition coefficient (Wildman–Crippen LogP) is 1.80. The van der Waals surface area contributed by atoms with E-state index in [0.29, 0.717) is 0 Å². The van der Waals surface area contributed by atoms with Crippen LogP contribution in [0.3, 0.4) is 0 Å². The molecule has 16 heavy (non-hydrogen) atoms. The van der Waals surface area contributed by atoms with Crippen LogP contribution in [-0.2, 0) is 10.0 Å². The predicted molar refractivity (Wildman–Crippen MR) is 62.1 cm³/mol. The first-order chi connectivity index (χ1) is 7.57. The summed E-state index contributed by atoms with van der Waals surface area (Å²) in [6.07, 6.45) is 0. The number of rotatable bonds is 2. The molecule has 0 unspecified atom stereocenters. The molecule has 2 aromatic carbocycles. The Labute approximate surface area is 94.6 Å². The van der Waals surface area contributed by atoms with Gasteiger partial charge in [0, 0.05) is 6.07 Å². The van der Waals surface area contributed by atoms with Crippen LogP contribution < -0.4 is 5.14 Å². The second-order valence-electron chi connectivity index (χ2n) is 3.35. The summed E-state index contributed by atoms with van der Waals surface area (Å²) in [6.45, 7) is 0. The van der Waals surface area contributed by atoms with Gasteiger partial charge in [0.25, 0.3) is 0 Å². The maximum atomic E-state index is 11.2. The highest BCUT2D eigenvalue weighted by atomic mass is 32.2. The Hall–Kier alpha value is -1.65. The van der Waals surface area contributed by atoms with Crippen molar-refractivity contribution in [3.05, 3.63) is 54.6 Å². The molecule has 2 aromatic rings. The van der Waals surface area contributed by atoms with Crippen molar-refractivity contribution in [1.29, 1.82) is 0 Å². The van der Waals surface area contributed by atoms with Gasteiger partial charge in [-0.25, -0.2) is 13.6 Å². The van der Waals surface area contributed by atoms with E-state index in [2.05, 4.69) is 6.07 Å². The summed E-state index contributed by atoms with van der Waals surface area (Å²) in [4.78, 5) is 0.00820. The lowest BCUT2D eigenvalue weighted by Crippen LogP contribution is -2.12. The molecule has 0 amide bonds. The number of benzene rings is 2. The molecule has 2 rings (SSSR count). The van der Waals surface area contributed by atoms with Crippen molar-refractivity contribution in [2.45, 2.75) is 4.90 Å². The van der Waals surface area contributed by atoms with Crippen molar-refractivity contribution in [3.8, 4) is 11.1 Å². The fourth-order valence-electron chi connectivity index (χ4n) is 1.42. The summed E-state index contributed by atoms with van der Waals surface area (Å²) in [7, 11) is -3.69. The third kappa shape index (κ3) is 2.29. The molecular formula is C12H10NO2S. The molecule has 0 atom stereocenters. The minimum Gasteiger partial charge on any atom is -0.225 e. The molecule has 2 N–H and O–H groups in total. The highest BCUT2D eigenvalue weighted by Gasteiger charge is 2.08. The van der Waals surface area contributed by atoms with Crippen LogP contribution in [0.15, 0.2) is 53.4 Å². The summed E-state index contributed by atoms with van der Waals surface area (Å²) in [5.41, 5.74) is 1.75. The van der Waals surface area contributed by atoms with Gasteiger partial charge in [0.15, 0.2) is 0 Å². The van der Waals surface area contributed by atoms with E-state index < -0.39 is 10.0 Å². The topological polar surface area (TPSA) is 60.2 Å². The van der Waals surface area contributed by atoms with Crippen LogP contribution in [-0.4, -0.2) is 8.42 Å². The van der Waals surface area contributed by atoms with Gasteiger partial charge < -0.3 is 0 Å². The average Bonchev–Trinajstić information content (AvgIpc) is 2.29. The smallest absolute Gasteiger partial charge is 0.225 e. The second-order valence-corrected chi connectivity index (χ2v) is 4.88. The van der Waals surface area contributed by atoms with Gasteiger partial charge in [-0.2, -0.15) is 0 Å². The van der Waals surface area contributed by atoms with Crippen molar-refractivity contribution >= 4 is 10.0 Å². The van der Waals surface area contributed by atoms with Crippen molar-refractivity contribution < 1.29 is 8.42 Å². The highest BCUT2D eigenvalue weighted by Crippen LogP contribution is 2.20. The molecule has 0 heterocycles. The minimum atomic E-state index is -3.69. The molecule has 0 aliphatic rings. The lowest BCUT2D eigenvalue weighted by atomic mass is 10.1. The molecule has 0 fully saturated rings. The van der Waals surface area contributed by atoms with Crippen LogP contribution in [0.1, 0.15) is 0 Å². The Morgan fingerprint density at radius 2 is 1.69 bits per heavy atom. The second kappa shape index (κ2) is 4.08. The summed E-state index contributed by atoms with van der Waals surface area (Å²) < 4.78 is 22.3. The fraction of sp³-hybridized carbons (Fsp3) is 0. The monoisotopic (exact) mass is 232 g/mol. The minimum absolute atomic E-state index is 0.00820. The van der Waals surface area contributed by atoms with E-state index in [-0.39, 0.29) is 4.90 Å². The average molecular weight is 232 g/mol. The zero-order valence-corrected chi connectivity index (χ0v) is 9.24. The van der Waals surface area contributed by atoms with Crippen LogP contribution in [0.4, 0.5) is 0 Å². The Kier molecular flexibility index (Phi) is 2.77. The Balaban J connectivity index is 2.53. The first-order valence-electron chi connectivity index (χ1n) is 4.67. The van der Waals surface area contributed by atoms with Crippen LogP contribution in [0.2, 0.25) is 0 Å². The van der Waals surface area contributed by atoms with E-state index >= 15 is 0 Å². The van der Waals surface area contributed by atoms with Crippen molar-refractivity contribution in [1.82, 2.24) is 0 Å². The molecular weight excluding hydrogens is 222 g/mol. The SMILES string of the molecule is NS(=O)(=O)c1[c]ccc(-c2ccccc2)c1. The van der Waals surface area contributed by atoms with Gasteiger partial charge in [0.05, 0.1) is 4.90 Å². The lowest BCUT2D eigenvalue weighted by molar-refractivity contribution is 0.597.